The van der Waals surface area contributed by atoms with Crippen molar-refractivity contribution >= 4 is 17.7 Å². The Kier molecular flexibility index (Phi) is 5.26. The summed E-state index contributed by atoms with van der Waals surface area (Å²) in [6.45, 7) is 0.0829. The van der Waals surface area contributed by atoms with E-state index in [4.69, 9.17) is 0 Å². The molecule has 0 N–H and O–H groups in total. The Labute approximate surface area is 137 Å². The van der Waals surface area contributed by atoms with Gasteiger partial charge in [-0.1, -0.05) is 30.3 Å². The van der Waals surface area contributed by atoms with E-state index in [1.54, 1.807) is 30.3 Å². The quantitative estimate of drug-likeness (QED) is 0.770. The van der Waals surface area contributed by atoms with Gasteiger partial charge in [-0.25, -0.2) is 0 Å². The molecule has 1 heterocycles. The first-order chi connectivity index (χ1) is 11.2. The van der Waals surface area contributed by atoms with Crippen LogP contribution in [0.1, 0.15) is 24.8 Å². The number of imide groups is 1. The fraction of sp³-hybridized carbons (Fsp3) is 0.438. The molecule has 0 spiro atoms. The lowest BCUT2D eigenvalue weighted by Gasteiger charge is -2.23. The molecule has 0 aromatic heterocycles. The highest BCUT2D eigenvalue weighted by Crippen LogP contribution is 2.24. The largest absolute Gasteiger partial charge is 0.389 e. The molecule has 1 aromatic carbocycles. The molecule has 3 amide bonds. The maximum absolute atomic E-state index is 12.4. The minimum atomic E-state index is -4.44. The Morgan fingerprint density at radius 2 is 1.88 bits per heavy atom. The van der Waals surface area contributed by atoms with Crippen LogP contribution in [-0.2, 0) is 20.9 Å². The van der Waals surface area contributed by atoms with E-state index in [2.05, 4.69) is 0 Å². The predicted molar refractivity (Wildman–Crippen MR) is 78.5 cm³/mol. The Morgan fingerprint density at radius 1 is 1.25 bits per heavy atom. The lowest BCUT2D eigenvalue weighted by atomic mass is 10.2. The van der Waals surface area contributed by atoms with Crippen LogP contribution in [0.4, 0.5) is 13.2 Å². The Bertz CT molecular complexity index is 631. The number of nitrogens with zero attached hydrogens (tertiary/aromatic N) is 2. The van der Waals surface area contributed by atoms with Crippen molar-refractivity contribution in [3.05, 3.63) is 35.9 Å². The minimum absolute atomic E-state index is 0.0829. The van der Waals surface area contributed by atoms with Crippen molar-refractivity contribution in [1.82, 2.24) is 9.80 Å². The van der Waals surface area contributed by atoms with Crippen LogP contribution >= 0.6 is 0 Å². The summed E-state index contributed by atoms with van der Waals surface area (Å²) < 4.78 is 36.6. The van der Waals surface area contributed by atoms with E-state index in [1.165, 1.54) is 7.05 Å². The fourth-order valence-corrected chi connectivity index (χ4v) is 2.50. The number of halogens is 3. The average molecular weight is 342 g/mol. The number of amides is 3. The Hall–Kier alpha value is -2.38. The zero-order valence-corrected chi connectivity index (χ0v) is 13.0. The van der Waals surface area contributed by atoms with Gasteiger partial charge in [0.1, 0.15) is 6.04 Å². The lowest BCUT2D eigenvalue weighted by Crippen LogP contribution is -2.43. The molecule has 1 fully saturated rings. The highest BCUT2D eigenvalue weighted by atomic mass is 19.4. The third-order valence-corrected chi connectivity index (χ3v) is 3.89. The summed E-state index contributed by atoms with van der Waals surface area (Å²) in [7, 11) is 1.25. The van der Waals surface area contributed by atoms with Crippen LogP contribution in [0, 0.1) is 0 Å². The van der Waals surface area contributed by atoms with Crippen molar-refractivity contribution in [2.75, 3.05) is 7.05 Å². The first kappa shape index (κ1) is 18.0. The van der Waals surface area contributed by atoms with Crippen LogP contribution in [0.15, 0.2) is 30.3 Å². The summed E-state index contributed by atoms with van der Waals surface area (Å²) >= 11 is 0. The van der Waals surface area contributed by atoms with Crippen molar-refractivity contribution in [1.29, 1.82) is 0 Å². The van der Waals surface area contributed by atoms with Gasteiger partial charge in [-0.3, -0.25) is 19.3 Å². The van der Waals surface area contributed by atoms with E-state index in [-0.39, 0.29) is 13.0 Å². The molecule has 8 heteroatoms. The van der Waals surface area contributed by atoms with Crippen LogP contribution < -0.4 is 0 Å². The van der Waals surface area contributed by atoms with E-state index in [1.807, 2.05) is 0 Å². The minimum Gasteiger partial charge on any atom is -0.333 e. The van der Waals surface area contributed by atoms with Gasteiger partial charge in [0.15, 0.2) is 0 Å². The molecule has 0 radical (unpaired) electrons. The molecule has 1 atom stereocenters. The van der Waals surface area contributed by atoms with Crippen LogP contribution in [0.2, 0.25) is 0 Å². The standard InChI is InChI=1S/C16H17F3N2O3/c1-20(13(22)7-8-16(17,18)19)12-9-14(23)21(15(12)24)10-11-5-3-2-4-6-11/h2-6,12H,7-10H2,1H3/t12-/m0/s1. The molecule has 0 aliphatic carbocycles. The summed E-state index contributed by atoms with van der Waals surface area (Å²) in [6.07, 6.45) is -6.64. The van der Waals surface area contributed by atoms with Gasteiger partial charge in [-0.05, 0) is 5.56 Å². The van der Waals surface area contributed by atoms with E-state index in [0.717, 1.165) is 15.4 Å². The third kappa shape index (κ3) is 4.33. The van der Waals surface area contributed by atoms with Crippen molar-refractivity contribution in [2.24, 2.45) is 0 Å². The molecule has 1 aliphatic rings. The summed E-state index contributed by atoms with van der Waals surface area (Å²) in [5.41, 5.74) is 0.755. The van der Waals surface area contributed by atoms with E-state index < -0.39 is 42.8 Å². The number of carbonyl (C=O) groups is 3. The van der Waals surface area contributed by atoms with Gasteiger partial charge in [0.2, 0.25) is 11.8 Å². The predicted octanol–water partition coefficient (Wildman–Crippen LogP) is 2.12. The van der Waals surface area contributed by atoms with E-state index >= 15 is 0 Å². The molecule has 1 aromatic rings. The highest BCUT2D eigenvalue weighted by Gasteiger charge is 2.42. The second kappa shape index (κ2) is 7.02. The van der Waals surface area contributed by atoms with Gasteiger partial charge in [-0.2, -0.15) is 13.2 Å². The number of hydrogen-bond donors (Lipinski definition) is 0. The number of benzene rings is 1. The summed E-state index contributed by atoms with van der Waals surface area (Å²) in [5.74, 6) is -1.81. The van der Waals surface area contributed by atoms with Gasteiger partial charge < -0.3 is 4.90 Å². The first-order valence-corrected chi connectivity index (χ1v) is 7.39. The highest BCUT2D eigenvalue weighted by molar-refractivity contribution is 6.06. The fourth-order valence-electron chi connectivity index (χ4n) is 2.50. The topological polar surface area (TPSA) is 57.7 Å². The molecule has 0 saturated carbocycles. The van der Waals surface area contributed by atoms with Gasteiger partial charge in [0.05, 0.1) is 19.4 Å². The molecular weight excluding hydrogens is 325 g/mol. The number of alkyl halides is 3. The number of rotatable bonds is 5. The maximum Gasteiger partial charge on any atom is 0.389 e. The van der Waals surface area contributed by atoms with Crippen LogP contribution in [0.3, 0.4) is 0 Å². The number of likely N-dealkylation sites (N-methyl/N-ethyl adjacent to an activating group) is 1. The molecular formula is C16H17F3N2O3. The summed E-state index contributed by atoms with van der Waals surface area (Å²) in [6, 6.07) is 7.81. The van der Waals surface area contributed by atoms with Gasteiger partial charge in [0.25, 0.3) is 5.91 Å². The number of hydrogen-bond acceptors (Lipinski definition) is 3. The molecule has 1 saturated heterocycles. The normalized spacial score (nSPS) is 18.2. The first-order valence-electron chi connectivity index (χ1n) is 7.39. The Morgan fingerprint density at radius 3 is 2.46 bits per heavy atom. The Balaban J connectivity index is 2.01. The number of carbonyl (C=O) groups excluding carboxylic acids is 3. The second-order valence-electron chi connectivity index (χ2n) is 5.64. The van der Waals surface area contributed by atoms with Crippen molar-refractivity contribution in [3.63, 3.8) is 0 Å². The molecule has 2 rings (SSSR count). The molecule has 130 valence electrons. The average Bonchev–Trinajstić information content (AvgIpc) is 2.80. The molecule has 5 nitrogen and oxygen atoms in total. The SMILES string of the molecule is CN(C(=O)CCC(F)(F)F)[C@H]1CC(=O)N(Cc2ccccc2)C1=O. The van der Waals surface area contributed by atoms with Crippen LogP contribution in [0.5, 0.6) is 0 Å². The van der Waals surface area contributed by atoms with Gasteiger partial charge in [0, 0.05) is 13.5 Å². The van der Waals surface area contributed by atoms with Crippen molar-refractivity contribution < 1.29 is 27.6 Å². The van der Waals surface area contributed by atoms with Crippen LogP contribution in [-0.4, -0.2) is 46.8 Å². The van der Waals surface area contributed by atoms with Crippen molar-refractivity contribution in [2.45, 2.75) is 38.0 Å². The summed E-state index contributed by atoms with van der Waals surface area (Å²) in [5, 5.41) is 0. The van der Waals surface area contributed by atoms with Gasteiger partial charge >= 0.3 is 6.18 Å². The third-order valence-electron chi connectivity index (χ3n) is 3.89. The summed E-state index contributed by atoms with van der Waals surface area (Å²) in [4.78, 5) is 38.2. The van der Waals surface area contributed by atoms with Crippen LogP contribution in [0.25, 0.3) is 0 Å². The molecule has 0 bridgehead atoms. The van der Waals surface area contributed by atoms with E-state index in [9.17, 15) is 27.6 Å². The molecule has 0 unspecified atom stereocenters. The monoisotopic (exact) mass is 342 g/mol. The smallest absolute Gasteiger partial charge is 0.333 e. The zero-order valence-electron chi connectivity index (χ0n) is 13.0. The molecule has 1 aliphatic heterocycles. The second-order valence-corrected chi connectivity index (χ2v) is 5.64. The van der Waals surface area contributed by atoms with E-state index in [0.29, 0.717) is 0 Å². The van der Waals surface area contributed by atoms with Crippen molar-refractivity contribution in [3.8, 4) is 0 Å². The maximum atomic E-state index is 12.4. The molecule has 24 heavy (non-hydrogen) atoms. The zero-order chi connectivity index (χ0) is 17.9. The number of likely N-dealkylation sites (tertiary alicyclic amines) is 1. The van der Waals surface area contributed by atoms with Gasteiger partial charge in [-0.15, -0.1) is 0 Å². The lowest BCUT2D eigenvalue weighted by molar-refractivity contribution is -0.151.